The number of nitrogens with two attached hydrogens (primary N) is 1. The number of anilines is 1. The molecule has 2 N–H and O–H groups in total. The maximum absolute atomic E-state index is 13.9. The molecular weight excluding hydrogens is 260 g/mol. The molecule has 0 atom stereocenters. The van der Waals surface area contributed by atoms with Gasteiger partial charge in [-0.25, -0.2) is 4.39 Å². The number of hydrogen-bond acceptors (Lipinski definition) is 1. The highest BCUT2D eigenvalue weighted by Gasteiger charge is 2.36. The molecule has 0 aliphatic heterocycles. The van der Waals surface area contributed by atoms with Crippen molar-refractivity contribution in [1.29, 1.82) is 0 Å². The molecule has 0 saturated heterocycles. The summed E-state index contributed by atoms with van der Waals surface area (Å²) < 4.78 is 13.9. The van der Waals surface area contributed by atoms with Crippen LogP contribution in [0.3, 0.4) is 0 Å². The average molecular weight is 289 g/mol. The Labute approximate surface area is 129 Å². The summed E-state index contributed by atoms with van der Waals surface area (Å²) in [5, 5.41) is 0. The average Bonchev–Trinajstić information content (AvgIpc) is 2.40. The lowest BCUT2D eigenvalue weighted by molar-refractivity contribution is 0.192. The summed E-state index contributed by atoms with van der Waals surface area (Å²) in [5.41, 5.74) is 8.05. The highest BCUT2D eigenvalue weighted by molar-refractivity contribution is 6.72. The van der Waals surface area contributed by atoms with Gasteiger partial charge in [-0.05, 0) is 28.9 Å². The van der Waals surface area contributed by atoms with E-state index < -0.39 is 0 Å². The minimum Gasteiger partial charge on any atom is -0.396 e. The first-order valence-corrected chi connectivity index (χ1v) is 7.77. The van der Waals surface area contributed by atoms with Crippen LogP contribution in [0.1, 0.15) is 40.2 Å². The molecular formula is C18H29BFN. The summed E-state index contributed by atoms with van der Waals surface area (Å²) in [6.07, 6.45) is 3.69. The van der Waals surface area contributed by atoms with Gasteiger partial charge in [0.05, 0.1) is 5.69 Å². The van der Waals surface area contributed by atoms with Gasteiger partial charge >= 0.3 is 0 Å². The molecule has 0 spiro atoms. The van der Waals surface area contributed by atoms with Crippen LogP contribution in [0.2, 0.25) is 13.1 Å². The minimum absolute atomic E-state index is 0.0421. The zero-order valence-corrected chi connectivity index (χ0v) is 14.4. The van der Waals surface area contributed by atoms with Crippen molar-refractivity contribution >= 4 is 17.9 Å². The maximum Gasteiger partial charge on any atom is 0.173 e. The third-order valence-corrected chi connectivity index (χ3v) is 5.22. The number of rotatable bonds is 6. The zero-order chi connectivity index (χ0) is 16.4. The number of nitrogen functional groups attached to an aromatic ring is 1. The summed E-state index contributed by atoms with van der Waals surface area (Å²) in [7, 11) is 0. The molecule has 0 bridgehead atoms. The molecule has 1 rings (SSSR count). The first kappa shape index (κ1) is 17.8. The molecule has 0 aliphatic rings. The van der Waals surface area contributed by atoms with Crippen molar-refractivity contribution in [2.75, 3.05) is 5.73 Å². The van der Waals surface area contributed by atoms with Crippen LogP contribution in [0.25, 0.3) is 0 Å². The smallest absolute Gasteiger partial charge is 0.173 e. The molecule has 0 fully saturated rings. The number of allylic oxidation sites excluding steroid dienone is 1. The molecule has 1 nitrogen and oxygen atoms in total. The molecule has 116 valence electrons. The Kier molecular flexibility index (Phi) is 5.30. The Bertz CT molecular complexity index is 520. The highest BCUT2D eigenvalue weighted by atomic mass is 19.1. The van der Waals surface area contributed by atoms with Crippen LogP contribution in [0, 0.1) is 16.6 Å². The van der Waals surface area contributed by atoms with Crippen LogP contribution in [0.15, 0.2) is 24.8 Å². The van der Waals surface area contributed by atoms with Crippen LogP contribution in [0.4, 0.5) is 10.1 Å². The standard InChI is InChI=1S/C18H29BFN/c1-8-13-10-14(11-15(21)16(13)20)19(7)12-18(5,6)17(3,4)9-2/h9-11H,2,8,12,21H2,1,3-7H3. The minimum atomic E-state index is -0.265. The van der Waals surface area contributed by atoms with Gasteiger partial charge in [0.1, 0.15) is 5.82 Å². The van der Waals surface area contributed by atoms with E-state index >= 15 is 0 Å². The topological polar surface area (TPSA) is 26.0 Å². The lowest BCUT2D eigenvalue weighted by atomic mass is 9.38. The predicted molar refractivity (Wildman–Crippen MR) is 94.0 cm³/mol. The van der Waals surface area contributed by atoms with Gasteiger partial charge in [-0.2, -0.15) is 0 Å². The fourth-order valence-electron chi connectivity index (χ4n) is 2.70. The monoisotopic (exact) mass is 289 g/mol. The molecule has 0 amide bonds. The highest BCUT2D eigenvalue weighted by Crippen LogP contribution is 2.43. The number of benzene rings is 1. The van der Waals surface area contributed by atoms with E-state index in [-0.39, 0.29) is 22.3 Å². The molecule has 0 radical (unpaired) electrons. The van der Waals surface area contributed by atoms with Gasteiger partial charge in [0.2, 0.25) is 0 Å². The van der Waals surface area contributed by atoms with Crippen molar-refractivity contribution < 1.29 is 4.39 Å². The molecule has 0 unspecified atom stereocenters. The Morgan fingerprint density at radius 3 is 2.33 bits per heavy atom. The SMILES string of the molecule is C=CC(C)(C)C(C)(C)CB(C)c1cc(N)c(F)c(CC)c1. The maximum atomic E-state index is 13.9. The van der Waals surface area contributed by atoms with E-state index in [4.69, 9.17) is 5.73 Å². The molecule has 1 aromatic rings. The van der Waals surface area contributed by atoms with E-state index in [2.05, 4.69) is 41.1 Å². The second-order valence-electron chi connectivity index (χ2n) is 7.35. The normalized spacial score (nSPS) is 12.3. The fourth-order valence-corrected chi connectivity index (χ4v) is 2.70. The van der Waals surface area contributed by atoms with Gasteiger partial charge in [0.25, 0.3) is 0 Å². The Morgan fingerprint density at radius 2 is 1.86 bits per heavy atom. The molecule has 0 heterocycles. The van der Waals surface area contributed by atoms with Gasteiger partial charge in [-0.1, -0.05) is 65.4 Å². The second kappa shape index (κ2) is 6.25. The van der Waals surface area contributed by atoms with Crippen molar-refractivity contribution in [1.82, 2.24) is 0 Å². The summed E-state index contributed by atoms with van der Waals surface area (Å²) in [5.74, 6) is -0.265. The van der Waals surface area contributed by atoms with Crippen molar-refractivity contribution in [2.24, 2.45) is 10.8 Å². The van der Waals surface area contributed by atoms with Crippen molar-refractivity contribution in [3.63, 3.8) is 0 Å². The summed E-state index contributed by atoms with van der Waals surface area (Å²) in [6.45, 7) is 17.4. The Morgan fingerprint density at radius 1 is 1.29 bits per heavy atom. The first-order chi connectivity index (χ1) is 9.55. The number of hydrogen-bond donors (Lipinski definition) is 1. The Hall–Kier alpha value is -1.25. The number of aryl methyl sites for hydroxylation is 1. The molecule has 3 heteroatoms. The van der Waals surface area contributed by atoms with E-state index in [0.29, 0.717) is 18.7 Å². The molecule has 21 heavy (non-hydrogen) atoms. The van der Waals surface area contributed by atoms with Crippen LogP contribution in [0.5, 0.6) is 0 Å². The van der Waals surface area contributed by atoms with Crippen LogP contribution < -0.4 is 11.2 Å². The summed E-state index contributed by atoms with van der Waals surface area (Å²) in [4.78, 5) is 0. The van der Waals surface area contributed by atoms with Crippen molar-refractivity contribution in [2.45, 2.75) is 54.2 Å². The van der Waals surface area contributed by atoms with Gasteiger partial charge in [0.15, 0.2) is 6.71 Å². The summed E-state index contributed by atoms with van der Waals surface area (Å²) in [6, 6.07) is 3.75. The largest absolute Gasteiger partial charge is 0.396 e. The van der Waals surface area contributed by atoms with E-state index in [1.165, 1.54) is 0 Å². The molecule has 0 aromatic heterocycles. The van der Waals surface area contributed by atoms with E-state index in [1.54, 1.807) is 6.07 Å². The van der Waals surface area contributed by atoms with Gasteiger partial charge < -0.3 is 5.73 Å². The second-order valence-corrected chi connectivity index (χ2v) is 7.35. The fraction of sp³-hybridized carbons (Fsp3) is 0.556. The Balaban J connectivity index is 3.08. The van der Waals surface area contributed by atoms with Gasteiger partial charge in [-0.3, -0.25) is 0 Å². The lowest BCUT2D eigenvalue weighted by Crippen LogP contribution is -2.39. The third kappa shape index (κ3) is 3.69. The number of halogens is 1. The molecule has 1 aromatic carbocycles. The lowest BCUT2D eigenvalue weighted by Gasteiger charge is -2.41. The zero-order valence-electron chi connectivity index (χ0n) is 14.4. The van der Waals surface area contributed by atoms with E-state index in [0.717, 1.165) is 11.8 Å². The summed E-state index contributed by atoms with van der Waals surface area (Å²) >= 11 is 0. The van der Waals surface area contributed by atoms with Gasteiger partial charge in [0, 0.05) is 0 Å². The van der Waals surface area contributed by atoms with Crippen LogP contribution in [-0.2, 0) is 6.42 Å². The molecule has 0 saturated carbocycles. The predicted octanol–water partition coefficient (Wildman–Crippen LogP) is 4.54. The molecule has 0 aliphatic carbocycles. The van der Waals surface area contributed by atoms with Crippen molar-refractivity contribution in [3.05, 3.63) is 36.2 Å². The van der Waals surface area contributed by atoms with Crippen LogP contribution in [-0.4, -0.2) is 6.71 Å². The van der Waals surface area contributed by atoms with E-state index in [9.17, 15) is 4.39 Å². The third-order valence-electron chi connectivity index (χ3n) is 5.22. The first-order valence-electron chi connectivity index (χ1n) is 7.77. The van der Waals surface area contributed by atoms with E-state index in [1.807, 2.05) is 19.1 Å². The van der Waals surface area contributed by atoms with Crippen molar-refractivity contribution in [3.8, 4) is 0 Å². The van der Waals surface area contributed by atoms with Crippen LogP contribution >= 0.6 is 0 Å². The van der Waals surface area contributed by atoms with Gasteiger partial charge in [-0.15, -0.1) is 6.58 Å². The quantitative estimate of drug-likeness (QED) is 0.464.